The molecule has 0 atom stereocenters. The van der Waals surface area contributed by atoms with Gasteiger partial charge in [0.05, 0.1) is 12.0 Å². The number of rotatable bonds is 3. The summed E-state index contributed by atoms with van der Waals surface area (Å²) < 4.78 is 5.27. The van der Waals surface area contributed by atoms with E-state index in [9.17, 15) is 4.79 Å². The second kappa shape index (κ2) is 5.33. The number of esters is 1. The van der Waals surface area contributed by atoms with Crippen LogP contribution in [0.1, 0.15) is 30.2 Å². The number of allylic oxidation sites excluding steroid dienone is 1. The van der Waals surface area contributed by atoms with Gasteiger partial charge in [-0.1, -0.05) is 23.8 Å². The van der Waals surface area contributed by atoms with Crippen LogP contribution in [-0.4, -0.2) is 15.9 Å². The van der Waals surface area contributed by atoms with E-state index in [0.29, 0.717) is 5.75 Å². The number of aromatic nitrogens is 2. The summed E-state index contributed by atoms with van der Waals surface area (Å²) in [4.78, 5) is 18.4. The highest BCUT2D eigenvalue weighted by atomic mass is 16.5. The number of ether oxygens (including phenoxy) is 1. The number of hydrogen-bond donors (Lipinski definition) is 1. The van der Waals surface area contributed by atoms with E-state index in [1.165, 1.54) is 12.5 Å². The molecule has 1 N–H and O–H groups in total. The Morgan fingerprint density at radius 1 is 1.40 bits per heavy atom. The van der Waals surface area contributed by atoms with Crippen LogP contribution in [0.4, 0.5) is 0 Å². The Morgan fingerprint density at radius 3 is 3.05 bits per heavy atom. The highest BCUT2D eigenvalue weighted by Gasteiger charge is 2.16. The molecule has 1 heterocycles. The monoisotopic (exact) mass is 268 g/mol. The molecular formula is C16H16N2O2. The van der Waals surface area contributed by atoms with E-state index in [1.807, 2.05) is 18.3 Å². The number of fused-ring (bicyclic) bond motifs is 1. The summed E-state index contributed by atoms with van der Waals surface area (Å²) >= 11 is 0. The van der Waals surface area contributed by atoms with Gasteiger partial charge in [0.1, 0.15) is 5.75 Å². The SMILES string of the molecule is CC(=O)Oc1cccc2c1CCC(Cc1c[nH]cn1)=C2. The van der Waals surface area contributed by atoms with Gasteiger partial charge in [0, 0.05) is 25.1 Å². The van der Waals surface area contributed by atoms with E-state index < -0.39 is 0 Å². The molecule has 0 saturated carbocycles. The van der Waals surface area contributed by atoms with Crippen LogP contribution >= 0.6 is 0 Å². The van der Waals surface area contributed by atoms with Gasteiger partial charge in [0.25, 0.3) is 0 Å². The highest BCUT2D eigenvalue weighted by molar-refractivity contribution is 5.72. The standard InChI is InChI=1S/C16H16N2O2/c1-11(19)20-16-4-2-3-13-7-12(5-6-15(13)16)8-14-9-17-10-18-14/h2-4,7,9-10H,5-6,8H2,1H3,(H,17,18). The van der Waals surface area contributed by atoms with E-state index in [1.54, 1.807) is 6.33 Å². The number of nitrogens with one attached hydrogen (secondary N) is 1. The first-order chi connectivity index (χ1) is 9.72. The summed E-state index contributed by atoms with van der Waals surface area (Å²) in [6.45, 7) is 1.43. The Bertz CT molecular complexity index is 657. The number of nitrogens with zero attached hydrogens (tertiary/aromatic N) is 1. The Kier molecular flexibility index (Phi) is 3.37. The molecule has 0 radical (unpaired) electrons. The van der Waals surface area contributed by atoms with Crippen LogP contribution in [-0.2, 0) is 17.6 Å². The van der Waals surface area contributed by atoms with Crippen molar-refractivity contribution in [2.75, 3.05) is 0 Å². The molecule has 0 bridgehead atoms. The quantitative estimate of drug-likeness (QED) is 0.688. The van der Waals surface area contributed by atoms with Crippen LogP contribution in [0.2, 0.25) is 0 Å². The molecule has 102 valence electrons. The van der Waals surface area contributed by atoms with Gasteiger partial charge in [0.2, 0.25) is 0 Å². The van der Waals surface area contributed by atoms with Crippen molar-refractivity contribution in [3.05, 3.63) is 53.1 Å². The average molecular weight is 268 g/mol. The first-order valence-corrected chi connectivity index (χ1v) is 6.70. The number of benzene rings is 1. The average Bonchev–Trinajstić information content (AvgIpc) is 2.91. The first-order valence-electron chi connectivity index (χ1n) is 6.70. The number of imidazole rings is 1. The normalized spacial score (nSPS) is 13.6. The second-order valence-corrected chi connectivity index (χ2v) is 4.96. The van der Waals surface area contributed by atoms with Crippen molar-refractivity contribution in [1.82, 2.24) is 9.97 Å². The summed E-state index contributed by atoms with van der Waals surface area (Å²) in [6.07, 6.45) is 8.53. The van der Waals surface area contributed by atoms with Gasteiger partial charge in [-0.2, -0.15) is 0 Å². The molecule has 0 unspecified atom stereocenters. The second-order valence-electron chi connectivity index (χ2n) is 4.96. The third kappa shape index (κ3) is 2.64. The fraction of sp³-hybridized carbons (Fsp3) is 0.250. The van der Waals surface area contributed by atoms with Crippen molar-refractivity contribution < 1.29 is 9.53 Å². The Labute approximate surface area is 117 Å². The van der Waals surface area contributed by atoms with Crippen LogP contribution in [0.25, 0.3) is 6.08 Å². The minimum absolute atomic E-state index is 0.273. The van der Waals surface area contributed by atoms with Crippen molar-refractivity contribution in [1.29, 1.82) is 0 Å². The van der Waals surface area contributed by atoms with Gasteiger partial charge in [-0.3, -0.25) is 4.79 Å². The molecule has 1 aliphatic rings. The predicted molar refractivity (Wildman–Crippen MR) is 76.3 cm³/mol. The third-order valence-electron chi connectivity index (χ3n) is 3.44. The smallest absolute Gasteiger partial charge is 0.308 e. The molecule has 1 aromatic carbocycles. The van der Waals surface area contributed by atoms with E-state index in [0.717, 1.165) is 36.1 Å². The highest BCUT2D eigenvalue weighted by Crippen LogP contribution is 2.32. The zero-order chi connectivity index (χ0) is 13.9. The largest absolute Gasteiger partial charge is 0.426 e. The summed E-state index contributed by atoms with van der Waals surface area (Å²) in [5.74, 6) is 0.412. The maximum atomic E-state index is 11.1. The third-order valence-corrected chi connectivity index (χ3v) is 3.44. The zero-order valence-electron chi connectivity index (χ0n) is 11.3. The van der Waals surface area contributed by atoms with E-state index >= 15 is 0 Å². The van der Waals surface area contributed by atoms with Crippen molar-refractivity contribution in [2.24, 2.45) is 0 Å². The lowest BCUT2D eigenvalue weighted by atomic mass is 9.89. The lowest BCUT2D eigenvalue weighted by Crippen LogP contribution is -2.08. The lowest BCUT2D eigenvalue weighted by molar-refractivity contribution is -0.131. The molecule has 0 amide bonds. The minimum Gasteiger partial charge on any atom is -0.426 e. The Hall–Kier alpha value is -2.36. The Balaban J connectivity index is 1.87. The summed E-state index contributed by atoms with van der Waals surface area (Å²) in [7, 11) is 0. The molecule has 0 aliphatic heterocycles. The maximum Gasteiger partial charge on any atom is 0.308 e. The van der Waals surface area contributed by atoms with Crippen LogP contribution in [0, 0.1) is 0 Å². The molecule has 1 aromatic heterocycles. The number of hydrogen-bond acceptors (Lipinski definition) is 3. The van der Waals surface area contributed by atoms with E-state index in [4.69, 9.17) is 4.74 Å². The van der Waals surface area contributed by atoms with Crippen LogP contribution < -0.4 is 4.74 Å². The molecule has 3 rings (SSSR count). The fourth-order valence-corrected chi connectivity index (χ4v) is 2.57. The molecule has 4 heteroatoms. The maximum absolute atomic E-state index is 11.1. The number of carbonyl (C=O) groups is 1. The van der Waals surface area contributed by atoms with Crippen LogP contribution in [0.15, 0.2) is 36.3 Å². The summed E-state index contributed by atoms with van der Waals surface area (Å²) in [5.41, 5.74) is 4.66. The van der Waals surface area contributed by atoms with Gasteiger partial charge in [0.15, 0.2) is 0 Å². The number of carbonyl (C=O) groups excluding carboxylic acids is 1. The zero-order valence-corrected chi connectivity index (χ0v) is 11.3. The molecular weight excluding hydrogens is 252 g/mol. The molecule has 20 heavy (non-hydrogen) atoms. The van der Waals surface area contributed by atoms with Crippen LogP contribution in [0.3, 0.4) is 0 Å². The van der Waals surface area contributed by atoms with Crippen molar-refractivity contribution >= 4 is 12.0 Å². The minimum atomic E-state index is -0.273. The molecule has 4 nitrogen and oxygen atoms in total. The van der Waals surface area contributed by atoms with Gasteiger partial charge in [-0.15, -0.1) is 0 Å². The van der Waals surface area contributed by atoms with E-state index in [-0.39, 0.29) is 5.97 Å². The lowest BCUT2D eigenvalue weighted by Gasteiger charge is -2.18. The summed E-state index contributed by atoms with van der Waals surface area (Å²) in [5, 5.41) is 0. The molecule has 2 aromatic rings. The molecule has 0 spiro atoms. The molecule has 1 aliphatic carbocycles. The number of H-pyrrole nitrogens is 1. The van der Waals surface area contributed by atoms with Gasteiger partial charge >= 0.3 is 5.97 Å². The van der Waals surface area contributed by atoms with Gasteiger partial charge in [-0.05, 0) is 24.5 Å². The predicted octanol–water partition coefficient (Wildman–Crippen LogP) is 2.91. The van der Waals surface area contributed by atoms with Gasteiger partial charge < -0.3 is 9.72 Å². The van der Waals surface area contributed by atoms with Gasteiger partial charge in [-0.25, -0.2) is 4.98 Å². The fourth-order valence-electron chi connectivity index (χ4n) is 2.57. The topological polar surface area (TPSA) is 55.0 Å². The summed E-state index contributed by atoms with van der Waals surface area (Å²) in [6, 6.07) is 5.84. The van der Waals surface area contributed by atoms with Crippen molar-refractivity contribution in [3.63, 3.8) is 0 Å². The molecule has 0 saturated heterocycles. The molecule has 0 fully saturated rings. The van der Waals surface area contributed by atoms with Crippen molar-refractivity contribution in [2.45, 2.75) is 26.2 Å². The van der Waals surface area contributed by atoms with Crippen LogP contribution in [0.5, 0.6) is 5.75 Å². The Morgan fingerprint density at radius 2 is 2.30 bits per heavy atom. The van der Waals surface area contributed by atoms with Crippen molar-refractivity contribution in [3.8, 4) is 5.75 Å². The van der Waals surface area contributed by atoms with E-state index in [2.05, 4.69) is 22.1 Å². The number of aromatic amines is 1. The first kappa shape index (κ1) is 12.7.